The van der Waals surface area contributed by atoms with E-state index < -0.39 is 0 Å². The molecular formula is C22H26N4OS. The van der Waals surface area contributed by atoms with Crippen molar-refractivity contribution in [1.82, 2.24) is 5.32 Å². The molecule has 1 amide bonds. The van der Waals surface area contributed by atoms with Gasteiger partial charge in [0.25, 0.3) is 5.91 Å². The number of amidine groups is 1. The zero-order chi connectivity index (χ0) is 20.1. The first-order valence-corrected chi connectivity index (χ1v) is 10.3. The highest BCUT2D eigenvalue weighted by atomic mass is 32.2. The zero-order valence-electron chi connectivity index (χ0n) is 16.7. The van der Waals surface area contributed by atoms with Gasteiger partial charge in [0.2, 0.25) is 0 Å². The van der Waals surface area contributed by atoms with Gasteiger partial charge in [0.05, 0.1) is 5.57 Å². The number of hydrogen-bond donors (Lipinski definition) is 2. The molecule has 2 aromatic carbocycles. The number of carbonyl (C=O) groups excluding carboxylic acids is 1. The van der Waals surface area contributed by atoms with Crippen LogP contribution in [0.3, 0.4) is 0 Å². The Morgan fingerprint density at radius 1 is 1.14 bits per heavy atom. The van der Waals surface area contributed by atoms with Crippen molar-refractivity contribution < 1.29 is 4.79 Å². The van der Waals surface area contributed by atoms with Gasteiger partial charge in [0, 0.05) is 31.2 Å². The molecule has 6 heteroatoms. The molecule has 0 saturated heterocycles. The van der Waals surface area contributed by atoms with Gasteiger partial charge in [0.1, 0.15) is 6.04 Å². The molecule has 0 radical (unpaired) electrons. The van der Waals surface area contributed by atoms with Gasteiger partial charge in [-0.1, -0.05) is 49.0 Å². The molecule has 1 atom stereocenters. The van der Waals surface area contributed by atoms with Crippen molar-refractivity contribution in [2.75, 3.05) is 30.1 Å². The molecule has 2 aromatic rings. The maximum Gasteiger partial charge on any atom is 0.255 e. The number of allylic oxidation sites excluding steroid dienone is 1. The normalized spacial score (nSPS) is 16.3. The smallest absolute Gasteiger partial charge is 0.255 e. The maximum absolute atomic E-state index is 13.1. The van der Waals surface area contributed by atoms with Crippen LogP contribution in [0.4, 0.5) is 11.4 Å². The first kappa shape index (κ1) is 20.0. The fourth-order valence-electron chi connectivity index (χ4n) is 3.07. The molecular weight excluding hydrogens is 368 g/mol. The highest BCUT2D eigenvalue weighted by molar-refractivity contribution is 8.13. The van der Waals surface area contributed by atoms with Gasteiger partial charge in [-0.05, 0) is 42.5 Å². The summed E-state index contributed by atoms with van der Waals surface area (Å²) in [5.74, 6) is 0.777. The first-order chi connectivity index (χ1) is 13.5. The van der Waals surface area contributed by atoms with E-state index in [0.29, 0.717) is 5.57 Å². The maximum atomic E-state index is 13.1. The van der Waals surface area contributed by atoms with Gasteiger partial charge in [0.15, 0.2) is 5.17 Å². The van der Waals surface area contributed by atoms with Gasteiger partial charge in [-0.15, -0.1) is 0 Å². The quantitative estimate of drug-likeness (QED) is 0.788. The summed E-state index contributed by atoms with van der Waals surface area (Å²) in [4.78, 5) is 20.0. The number of carbonyl (C=O) groups is 1. The Morgan fingerprint density at radius 2 is 1.82 bits per heavy atom. The summed E-state index contributed by atoms with van der Waals surface area (Å²) in [6.07, 6.45) is 0. The lowest BCUT2D eigenvalue weighted by Gasteiger charge is -2.26. The topological polar surface area (TPSA) is 56.7 Å². The Morgan fingerprint density at radius 3 is 2.43 bits per heavy atom. The van der Waals surface area contributed by atoms with E-state index in [4.69, 9.17) is 4.99 Å². The highest BCUT2D eigenvalue weighted by Gasteiger charge is 2.29. The Kier molecular flexibility index (Phi) is 6.41. The van der Waals surface area contributed by atoms with Gasteiger partial charge in [-0.25, -0.2) is 4.99 Å². The van der Waals surface area contributed by atoms with Crippen LogP contribution in [0.25, 0.3) is 0 Å². The van der Waals surface area contributed by atoms with E-state index in [1.54, 1.807) is 11.8 Å². The number of hydrogen-bond acceptors (Lipinski definition) is 5. The van der Waals surface area contributed by atoms with E-state index in [-0.39, 0.29) is 11.9 Å². The third-order valence-electron chi connectivity index (χ3n) is 4.50. The second-order valence-electron chi connectivity index (χ2n) is 6.74. The third kappa shape index (κ3) is 4.57. The largest absolute Gasteiger partial charge is 0.378 e. The van der Waals surface area contributed by atoms with Crippen LogP contribution in [0, 0.1) is 0 Å². The number of aliphatic imine (C=N–C) groups is 1. The fraction of sp³-hybridized carbons (Fsp3) is 0.273. The van der Waals surface area contributed by atoms with Crippen molar-refractivity contribution in [3.63, 3.8) is 0 Å². The van der Waals surface area contributed by atoms with Crippen molar-refractivity contribution in [2.45, 2.75) is 19.9 Å². The van der Waals surface area contributed by atoms with Crippen LogP contribution in [0.1, 0.15) is 25.5 Å². The highest BCUT2D eigenvalue weighted by Crippen LogP contribution is 2.33. The average Bonchev–Trinajstić information content (AvgIpc) is 2.68. The number of nitrogens with one attached hydrogen (secondary N) is 2. The summed E-state index contributed by atoms with van der Waals surface area (Å²) >= 11 is 1.64. The van der Waals surface area contributed by atoms with E-state index in [0.717, 1.165) is 33.6 Å². The summed E-state index contributed by atoms with van der Waals surface area (Å²) in [6, 6.07) is 17.4. The van der Waals surface area contributed by atoms with E-state index in [2.05, 4.69) is 34.6 Å². The van der Waals surface area contributed by atoms with E-state index in [1.165, 1.54) is 0 Å². The van der Waals surface area contributed by atoms with Gasteiger partial charge in [-0.2, -0.15) is 0 Å². The number of rotatable bonds is 5. The Balaban J connectivity index is 1.95. The molecule has 28 heavy (non-hydrogen) atoms. The Labute approximate surface area is 170 Å². The second-order valence-corrected chi connectivity index (χ2v) is 7.99. The number of benzene rings is 2. The molecule has 0 aromatic heterocycles. The Bertz CT molecular complexity index is 889. The third-order valence-corrected chi connectivity index (χ3v) is 5.27. The van der Waals surface area contributed by atoms with Crippen molar-refractivity contribution in [3.8, 4) is 0 Å². The van der Waals surface area contributed by atoms with Gasteiger partial charge < -0.3 is 15.5 Å². The fourth-order valence-corrected chi connectivity index (χ4v) is 3.75. The van der Waals surface area contributed by atoms with Crippen molar-refractivity contribution in [2.24, 2.45) is 4.99 Å². The molecule has 3 rings (SSSR count). The first-order valence-electron chi connectivity index (χ1n) is 9.31. The molecule has 0 fully saturated rings. The average molecular weight is 395 g/mol. The number of para-hydroxylation sites is 1. The summed E-state index contributed by atoms with van der Waals surface area (Å²) in [5, 5.41) is 7.13. The summed E-state index contributed by atoms with van der Waals surface area (Å²) in [6.45, 7) is 4.03. The Hall–Kier alpha value is -2.73. The predicted molar refractivity (Wildman–Crippen MR) is 120 cm³/mol. The molecule has 0 bridgehead atoms. The van der Waals surface area contributed by atoms with Crippen LogP contribution in [-0.2, 0) is 4.79 Å². The van der Waals surface area contributed by atoms with Gasteiger partial charge in [-0.3, -0.25) is 4.79 Å². The number of nitrogens with zero attached hydrogens (tertiary/aromatic N) is 2. The van der Waals surface area contributed by atoms with Crippen LogP contribution in [0.2, 0.25) is 0 Å². The minimum Gasteiger partial charge on any atom is -0.378 e. The van der Waals surface area contributed by atoms with E-state index in [9.17, 15) is 4.79 Å². The molecule has 0 unspecified atom stereocenters. The molecule has 5 nitrogen and oxygen atoms in total. The number of anilines is 2. The van der Waals surface area contributed by atoms with Crippen LogP contribution in [0.5, 0.6) is 0 Å². The summed E-state index contributed by atoms with van der Waals surface area (Å²) < 4.78 is 0. The molecule has 0 aliphatic carbocycles. The van der Waals surface area contributed by atoms with Gasteiger partial charge >= 0.3 is 0 Å². The van der Waals surface area contributed by atoms with Crippen molar-refractivity contribution in [1.29, 1.82) is 0 Å². The summed E-state index contributed by atoms with van der Waals surface area (Å²) in [7, 11) is 4.02. The minimum atomic E-state index is -0.338. The molecule has 146 valence electrons. The lowest BCUT2D eigenvalue weighted by Crippen LogP contribution is -2.32. The SMILES string of the molecule is CCSC1=N[C@@H](c2ccc(N(C)C)cc2)C(C(=O)Nc2ccccc2)=C(C)N1. The molecule has 2 N–H and O–H groups in total. The summed E-state index contributed by atoms with van der Waals surface area (Å²) in [5.41, 5.74) is 4.36. The molecule has 0 spiro atoms. The monoisotopic (exact) mass is 394 g/mol. The van der Waals surface area contributed by atoms with Crippen LogP contribution >= 0.6 is 11.8 Å². The molecule has 0 saturated carbocycles. The number of amides is 1. The standard InChI is InChI=1S/C22H26N4OS/c1-5-28-22-23-15(2)19(21(27)24-17-9-7-6-8-10-17)20(25-22)16-11-13-18(14-12-16)26(3)4/h6-14,20H,5H2,1-4H3,(H,23,25)(H,24,27)/t20-/m0/s1. The lowest BCUT2D eigenvalue weighted by atomic mass is 9.95. The molecule has 1 heterocycles. The zero-order valence-corrected chi connectivity index (χ0v) is 17.5. The minimum absolute atomic E-state index is 0.137. The van der Waals surface area contributed by atoms with Crippen molar-refractivity contribution in [3.05, 3.63) is 71.4 Å². The van der Waals surface area contributed by atoms with E-state index in [1.807, 2.05) is 63.5 Å². The van der Waals surface area contributed by atoms with Crippen LogP contribution in [0.15, 0.2) is 70.9 Å². The number of thioether (sulfide) groups is 1. The second kappa shape index (κ2) is 8.97. The van der Waals surface area contributed by atoms with Crippen LogP contribution in [-0.4, -0.2) is 30.9 Å². The molecule has 1 aliphatic rings. The van der Waals surface area contributed by atoms with E-state index >= 15 is 0 Å². The molecule has 1 aliphatic heterocycles. The van der Waals surface area contributed by atoms with Crippen molar-refractivity contribution >= 4 is 34.2 Å². The lowest BCUT2D eigenvalue weighted by molar-refractivity contribution is -0.113. The van der Waals surface area contributed by atoms with Crippen LogP contribution < -0.4 is 15.5 Å². The predicted octanol–water partition coefficient (Wildman–Crippen LogP) is 4.42.